The number of pyridine rings is 1. The number of nitrogens with zero attached hydrogens (tertiary/aromatic N) is 1. The number of aromatic nitrogens is 1. The van der Waals surface area contributed by atoms with Gasteiger partial charge in [0.25, 0.3) is 0 Å². The number of hydrogen-bond acceptors (Lipinski definition) is 3. The summed E-state index contributed by atoms with van der Waals surface area (Å²) in [5.74, 6) is 0. The second-order valence-corrected chi connectivity index (χ2v) is 5.55. The highest BCUT2D eigenvalue weighted by molar-refractivity contribution is 5.79. The Morgan fingerprint density at radius 3 is 3.00 bits per heavy atom. The average Bonchev–Trinajstić information content (AvgIpc) is 2.47. The van der Waals surface area contributed by atoms with Crippen LogP contribution < -0.4 is 5.73 Å². The predicted octanol–water partition coefficient (Wildman–Crippen LogP) is 3.19. The molecule has 0 spiro atoms. The molecule has 1 aromatic carbocycles. The fourth-order valence-electron chi connectivity index (χ4n) is 2.83. The third kappa shape index (κ3) is 2.36. The lowest BCUT2D eigenvalue weighted by molar-refractivity contribution is -0.0820. The molecule has 3 rings (SSSR count). The van der Waals surface area contributed by atoms with Crippen molar-refractivity contribution >= 4 is 10.9 Å². The molecule has 1 fully saturated rings. The zero-order valence-electron chi connectivity index (χ0n) is 11.3. The van der Waals surface area contributed by atoms with E-state index in [9.17, 15) is 0 Å². The van der Waals surface area contributed by atoms with E-state index >= 15 is 0 Å². The van der Waals surface area contributed by atoms with Crippen LogP contribution in [-0.2, 0) is 4.74 Å². The van der Waals surface area contributed by atoms with E-state index < -0.39 is 0 Å². The number of hydrogen-bond donors (Lipinski definition) is 1. The fourth-order valence-corrected chi connectivity index (χ4v) is 2.83. The van der Waals surface area contributed by atoms with Gasteiger partial charge in [-0.25, -0.2) is 0 Å². The molecule has 19 heavy (non-hydrogen) atoms. The molecule has 2 unspecified atom stereocenters. The van der Waals surface area contributed by atoms with Crippen LogP contribution >= 0.6 is 0 Å². The fraction of sp³-hybridized carbons (Fsp3) is 0.438. The Balaban J connectivity index is 1.94. The van der Waals surface area contributed by atoms with Crippen molar-refractivity contribution in [3.8, 4) is 0 Å². The summed E-state index contributed by atoms with van der Waals surface area (Å²) in [6.45, 7) is 2.94. The molecule has 0 radical (unpaired) electrons. The van der Waals surface area contributed by atoms with E-state index in [0.717, 1.165) is 35.9 Å². The molecule has 0 amide bonds. The molecule has 0 saturated carbocycles. The summed E-state index contributed by atoms with van der Waals surface area (Å²) in [5.41, 5.74) is 8.30. The van der Waals surface area contributed by atoms with Crippen LogP contribution in [0.1, 0.15) is 37.8 Å². The molecule has 2 N–H and O–H groups in total. The summed E-state index contributed by atoms with van der Waals surface area (Å²) in [6.07, 6.45) is 5.17. The van der Waals surface area contributed by atoms with Crippen LogP contribution in [0.5, 0.6) is 0 Å². The van der Waals surface area contributed by atoms with Gasteiger partial charge in [-0.2, -0.15) is 0 Å². The maximum absolute atomic E-state index is 6.44. The van der Waals surface area contributed by atoms with Crippen molar-refractivity contribution in [2.75, 3.05) is 6.61 Å². The maximum Gasteiger partial charge on any atom is 0.0846 e. The van der Waals surface area contributed by atoms with E-state index in [2.05, 4.69) is 36.2 Å². The second-order valence-electron chi connectivity index (χ2n) is 5.55. The molecule has 0 bridgehead atoms. The first kappa shape index (κ1) is 12.6. The van der Waals surface area contributed by atoms with Gasteiger partial charge in [-0.3, -0.25) is 4.98 Å². The van der Waals surface area contributed by atoms with E-state index in [1.807, 2.05) is 12.3 Å². The highest BCUT2D eigenvalue weighted by atomic mass is 16.5. The lowest BCUT2D eigenvalue weighted by Crippen LogP contribution is -2.43. The van der Waals surface area contributed by atoms with Crippen LogP contribution in [0.15, 0.2) is 36.5 Å². The van der Waals surface area contributed by atoms with Crippen molar-refractivity contribution < 1.29 is 4.74 Å². The summed E-state index contributed by atoms with van der Waals surface area (Å²) in [7, 11) is 0. The van der Waals surface area contributed by atoms with Gasteiger partial charge >= 0.3 is 0 Å². The first-order valence-corrected chi connectivity index (χ1v) is 6.93. The van der Waals surface area contributed by atoms with Crippen LogP contribution in [0.3, 0.4) is 0 Å². The third-order valence-corrected chi connectivity index (χ3v) is 4.15. The molecule has 1 aromatic heterocycles. The monoisotopic (exact) mass is 256 g/mol. The van der Waals surface area contributed by atoms with Gasteiger partial charge in [0.05, 0.1) is 17.2 Å². The van der Waals surface area contributed by atoms with Crippen LogP contribution in [0, 0.1) is 0 Å². The molecule has 1 aliphatic heterocycles. The summed E-state index contributed by atoms with van der Waals surface area (Å²) in [6, 6.07) is 10.2. The lowest BCUT2D eigenvalue weighted by atomic mass is 9.84. The number of fused-ring (bicyclic) bond motifs is 1. The minimum atomic E-state index is -0.249. The van der Waals surface area contributed by atoms with Gasteiger partial charge in [-0.1, -0.05) is 18.2 Å². The first-order valence-electron chi connectivity index (χ1n) is 6.93. The average molecular weight is 256 g/mol. The zero-order valence-corrected chi connectivity index (χ0v) is 11.3. The molecule has 100 valence electrons. The Morgan fingerprint density at radius 1 is 1.32 bits per heavy atom. The van der Waals surface area contributed by atoms with Crippen molar-refractivity contribution in [1.29, 1.82) is 0 Å². The molecule has 3 nitrogen and oxygen atoms in total. The number of benzene rings is 1. The third-order valence-electron chi connectivity index (χ3n) is 4.15. The number of ether oxygens (including phenoxy) is 1. The second kappa shape index (κ2) is 4.91. The highest BCUT2D eigenvalue weighted by Crippen LogP contribution is 2.35. The van der Waals surface area contributed by atoms with Crippen molar-refractivity contribution in [2.24, 2.45) is 5.73 Å². The summed E-state index contributed by atoms with van der Waals surface area (Å²) in [5, 5.41) is 1.15. The number of rotatable bonds is 2. The Hall–Kier alpha value is -1.45. The Morgan fingerprint density at radius 2 is 2.21 bits per heavy atom. The highest BCUT2D eigenvalue weighted by Gasteiger charge is 2.35. The normalized spacial score (nSPS) is 25.4. The molecule has 3 heteroatoms. The molecule has 0 aliphatic carbocycles. The van der Waals surface area contributed by atoms with Crippen LogP contribution in [0.25, 0.3) is 10.9 Å². The van der Waals surface area contributed by atoms with Crippen LogP contribution in [0.2, 0.25) is 0 Å². The molecular weight excluding hydrogens is 236 g/mol. The summed E-state index contributed by atoms with van der Waals surface area (Å²) in [4.78, 5) is 4.40. The minimum absolute atomic E-state index is 0.0980. The summed E-state index contributed by atoms with van der Waals surface area (Å²) < 4.78 is 5.95. The van der Waals surface area contributed by atoms with Crippen molar-refractivity contribution in [1.82, 2.24) is 4.98 Å². The molecule has 2 aromatic rings. The molecular formula is C16H20N2O. The standard InChI is InChI=1S/C16H20N2O/c1-16(8-2-3-10-19-16)15(17)13-7-6-12-5-4-9-18-14(12)11-13/h4-7,9,11,15H,2-3,8,10,17H2,1H3. The van der Waals surface area contributed by atoms with Crippen molar-refractivity contribution in [2.45, 2.75) is 37.8 Å². The Labute approximate surface area is 113 Å². The van der Waals surface area contributed by atoms with Gasteiger partial charge < -0.3 is 10.5 Å². The van der Waals surface area contributed by atoms with Crippen molar-refractivity contribution in [3.05, 3.63) is 42.1 Å². The lowest BCUT2D eigenvalue weighted by Gasteiger charge is -2.39. The van der Waals surface area contributed by atoms with Gasteiger partial charge in [-0.15, -0.1) is 0 Å². The molecule has 1 saturated heterocycles. The van der Waals surface area contributed by atoms with Gasteiger partial charge in [0, 0.05) is 18.2 Å². The molecule has 2 heterocycles. The Bertz CT molecular complexity index is 576. The minimum Gasteiger partial charge on any atom is -0.373 e. The van der Waals surface area contributed by atoms with Crippen LogP contribution in [0.4, 0.5) is 0 Å². The van der Waals surface area contributed by atoms with E-state index in [1.54, 1.807) is 0 Å². The first-order chi connectivity index (χ1) is 9.19. The molecule has 1 aliphatic rings. The van der Waals surface area contributed by atoms with E-state index in [4.69, 9.17) is 10.5 Å². The van der Waals surface area contributed by atoms with Gasteiger partial charge in [-0.05, 0) is 43.9 Å². The molecule has 2 atom stereocenters. The van der Waals surface area contributed by atoms with Crippen LogP contribution in [-0.4, -0.2) is 17.2 Å². The maximum atomic E-state index is 6.44. The zero-order chi connectivity index (χ0) is 13.3. The Kier molecular flexibility index (Phi) is 3.25. The van der Waals surface area contributed by atoms with Gasteiger partial charge in [0.15, 0.2) is 0 Å². The van der Waals surface area contributed by atoms with Gasteiger partial charge in [0.2, 0.25) is 0 Å². The number of nitrogens with two attached hydrogens (primary N) is 1. The largest absolute Gasteiger partial charge is 0.373 e. The quantitative estimate of drug-likeness (QED) is 0.897. The SMILES string of the molecule is CC1(C(N)c2ccc3cccnc3c2)CCCCO1. The topological polar surface area (TPSA) is 48.1 Å². The summed E-state index contributed by atoms with van der Waals surface area (Å²) >= 11 is 0. The predicted molar refractivity (Wildman–Crippen MR) is 76.9 cm³/mol. The van der Waals surface area contributed by atoms with E-state index in [1.165, 1.54) is 6.42 Å². The van der Waals surface area contributed by atoms with E-state index in [-0.39, 0.29) is 11.6 Å². The van der Waals surface area contributed by atoms with Gasteiger partial charge in [0.1, 0.15) is 0 Å². The van der Waals surface area contributed by atoms with E-state index in [0.29, 0.717) is 0 Å². The van der Waals surface area contributed by atoms with Crippen molar-refractivity contribution in [3.63, 3.8) is 0 Å². The smallest absolute Gasteiger partial charge is 0.0846 e.